The van der Waals surface area contributed by atoms with Gasteiger partial charge in [-0.1, -0.05) is 55.0 Å². The van der Waals surface area contributed by atoms with Crippen molar-refractivity contribution in [1.82, 2.24) is 10.2 Å². The van der Waals surface area contributed by atoms with Gasteiger partial charge in [0.2, 0.25) is 5.91 Å². The third-order valence-electron chi connectivity index (χ3n) is 6.64. The van der Waals surface area contributed by atoms with Crippen LogP contribution in [-0.2, 0) is 14.9 Å². The van der Waals surface area contributed by atoms with Gasteiger partial charge in [0.25, 0.3) is 0 Å². The Bertz CT molecular complexity index is 830. The van der Waals surface area contributed by atoms with E-state index in [0.717, 1.165) is 13.1 Å². The predicted octanol–water partition coefficient (Wildman–Crippen LogP) is 4.22. The van der Waals surface area contributed by atoms with Crippen molar-refractivity contribution in [3.8, 4) is 0 Å². The molecule has 1 N–H and O–H groups in total. The lowest BCUT2D eigenvalue weighted by Crippen LogP contribution is -2.50. The van der Waals surface area contributed by atoms with Gasteiger partial charge in [-0.3, -0.25) is 9.69 Å². The highest BCUT2D eigenvalue weighted by molar-refractivity contribution is 5.88. The van der Waals surface area contributed by atoms with Crippen molar-refractivity contribution < 1.29 is 13.9 Å². The summed E-state index contributed by atoms with van der Waals surface area (Å²) >= 11 is 0. The summed E-state index contributed by atoms with van der Waals surface area (Å²) in [6.45, 7) is 3.55. The highest BCUT2D eigenvalue weighted by atomic mass is 19.1. The number of ether oxygens (including phenoxy) is 1. The lowest BCUT2D eigenvalue weighted by atomic mass is 9.73. The summed E-state index contributed by atoms with van der Waals surface area (Å²) in [6.07, 6.45) is 4.64. The molecule has 2 saturated heterocycles. The van der Waals surface area contributed by atoms with E-state index in [1.165, 1.54) is 30.9 Å². The first-order valence-electron chi connectivity index (χ1n) is 11.1. The second kappa shape index (κ2) is 9.71. The van der Waals surface area contributed by atoms with Gasteiger partial charge in [-0.05, 0) is 50.4 Å². The maximum atomic E-state index is 14.7. The van der Waals surface area contributed by atoms with E-state index in [9.17, 15) is 9.18 Å². The largest absolute Gasteiger partial charge is 0.381 e. The Morgan fingerprint density at radius 2 is 1.67 bits per heavy atom. The third-order valence-corrected chi connectivity index (χ3v) is 6.64. The molecule has 2 aliphatic rings. The van der Waals surface area contributed by atoms with E-state index in [0.29, 0.717) is 38.2 Å². The topological polar surface area (TPSA) is 41.6 Å². The number of nitrogens with one attached hydrogen (secondary N) is 1. The fourth-order valence-corrected chi connectivity index (χ4v) is 4.91. The van der Waals surface area contributed by atoms with Crippen molar-refractivity contribution in [2.75, 3.05) is 32.8 Å². The average molecular weight is 411 g/mol. The van der Waals surface area contributed by atoms with Crippen molar-refractivity contribution in [3.63, 3.8) is 0 Å². The smallest absolute Gasteiger partial charge is 0.231 e. The van der Waals surface area contributed by atoms with Gasteiger partial charge < -0.3 is 10.1 Å². The second-order valence-corrected chi connectivity index (χ2v) is 8.41. The Morgan fingerprint density at radius 1 is 1.00 bits per heavy atom. The molecular weight excluding hydrogens is 379 g/mol. The van der Waals surface area contributed by atoms with E-state index in [4.69, 9.17) is 4.74 Å². The first kappa shape index (κ1) is 21.0. The SMILES string of the molecule is O=C(NCC(c1ccccc1)N1CCCCC1)C1(c2ccccc2F)CCOCC1. The summed E-state index contributed by atoms with van der Waals surface area (Å²) in [5.41, 5.74) is 0.832. The first-order chi connectivity index (χ1) is 14.7. The highest BCUT2D eigenvalue weighted by Crippen LogP contribution is 2.37. The molecule has 0 bridgehead atoms. The van der Waals surface area contributed by atoms with Crippen LogP contribution in [0.3, 0.4) is 0 Å². The van der Waals surface area contributed by atoms with Gasteiger partial charge in [0, 0.05) is 25.3 Å². The Morgan fingerprint density at radius 3 is 2.37 bits per heavy atom. The van der Waals surface area contributed by atoms with Crippen molar-refractivity contribution in [2.24, 2.45) is 0 Å². The van der Waals surface area contributed by atoms with E-state index in [2.05, 4.69) is 22.3 Å². The number of piperidine rings is 1. The molecule has 2 fully saturated rings. The number of carbonyl (C=O) groups excluding carboxylic acids is 1. The van der Waals surface area contributed by atoms with E-state index < -0.39 is 5.41 Å². The monoisotopic (exact) mass is 410 g/mol. The van der Waals surface area contributed by atoms with E-state index >= 15 is 0 Å². The standard InChI is InChI=1S/C25H31FN2O2/c26-22-12-6-5-11-21(22)25(13-17-30-18-14-25)24(29)27-19-23(20-9-3-1-4-10-20)28-15-7-2-8-16-28/h1,3-6,9-12,23H,2,7-8,13-19H2,(H,27,29). The molecule has 2 heterocycles. The van der Waals surface area contributed by atoms with Gasteiger partial charge >= 0.3 is 0 Å². The molecule has 2 aromatic rings. The van der Waals surface area contributed by atoms with Crippen LogP contribution in [0.2, 0.25) is 0 Å². The zero-order valence-electron chi connectivity index (χ0n) is 17.5. The van der Waals surface area contributed by atoms with Crippen molar-refractivity contribution in [2.45, 2.75) is 43.6 Å². The summed E-state index contributed by atoms with van der Waals surface area (Å²) in [5.74, 6) is -0.404. The van der Waals surface area contributed by atoms with Gasteiger partial charge in [-0.2, -0.15) is 0 Å². The molecule has 2 aromatic carbocycles. The van der Waals surface area contributed by atoms with Crippen molar-refractivity contribution >= 4 is 5.91 Å². The maximum Gasteiger partial charge on any atom is 0.231 e. The van der Waals surface area contributed by atoms with Gasteiger partial charge in [-0.15, -0.1) is 0 Å². The van der Waals surface area contributed by atoms with Crippen LogP contribution >= 0.6 is 0 Å². The quantitative estimate of drug-likeness (QED) is 0.775. The Hall–Kier alpha value is -2.24. The molecule has 160 valence electrons. The molecule has 4 rings (SSSR count). The zero-order valence-corrected chi connectivity index (χ0v) is 17.5. The van der Waals surface area contributed by atoms with Crippen LogP contribution in [-0.4, -0.2) is 43.7 Å². The second-order valence-electron chi connectivity index (χ2n) is 8.41. The van der Waals surface area contributed by atoms with Gasteiger partial charge in [0.15, 0.2) is 0 Å². The van der Waals surface area contributed by atoms with Gasteiger partial charge in [-0.25, -0.2) is 4.39 Å². The molecule has 4 nitrogen and oxygen atoms in total. The number of nitrogens with zero attached hydrogens (tertiary/aromatic N) is 1. The fraction of sp³-hybridized carbons (Fsp3) is 0.480. The number of hydrogen-bond donors (Lipinski definition) is 1. The molecule has 0 aliphatic carbocycles. The Balaban J connectivity index is 1.56. The molecule has 1 atom stereocenters. The van der Waals surface area contributed by atoms with Crippen LogP contribution in [0.25, 0.3) is 0 Å². The lowest BCUT2D eigenvalue weighted by Gasteiger charge is -2.38. The minimum atomic E-state index is -0.868. The molecular formula is C25H31FN2O2. The maximum absolute atomic E-state index is 14.7. The number of likely N-dealkylation sites (tertiary alicyclic amines) is 1. The van der Waals surface area contributed by atoms with Gasteiger partial charge in [0.05, 0.1) is 11.5 Å². The zero-order chi connectivity index (χ0) is 20.8. The van der Waals surface area contributed by atoms with Crippen LogP contribution < -0.4 is 5.32 Å². The average Bonchev–Trinajstić information content (AvgIpc) is 2.81. The number of halogens is 1. The summed E-state index contributed by atoms with van der Waals surface area (Å²) in [5, 5.41) is 3.21. The summed E-state index contributed by atoms with van der Waals surface area (Å²) in [7, 11) is 0. The predicted molar refractivity (Wildman–Crippen MR) is 116 cm³/mol. The molecule has 5 heteroatoms. The number of benzene rings is 2. The fourth-order valence-electron chi connectivity index (χ4n) is 4.91. The summed E-state index contributed by atoms with van der Waals surface area (Å²) < 4.78 is 20.2. The van der Waals surface area contributed by atoms with E-state index in [1.54, 1.807) is 12.1 Å². The number of amides is 1. The van der Waals surface area contributed by atoms with Crippen LogP contribution in [0.1, 0.15) is 49.3 Å². The Kier molecular flexibility index (Phi) is 6.80. The molecule has 1 unspecified atom stereocenters. The van der Waals surface area contributed by atoms with Crippen LogP contribution in [0.5, 0.6) is 0 Å². The minimum absolute atomic E-state index is 0.0890. The highest BCUT2D eigenvalue weighted by Gasteiger charge is 2.43. The van der Waals surface area contributed by atoms with E-state index in [1.807, 2.05) is 24.3 Å². The van der Waals surface area contributed by atoms with Crippen molar-refractivity contribution in [3.05, 3.63) is 71.5 Å². The molecule has 0 aromatic heterocycles. The van der Waals surface area contributed by atoms with Crippen molar-refractivity contribution in [1.29, 1.82) is 0 Å². The summed E-state index contributed by atoms with van der Waals surface area (Å²) in [4.78, 5) is 16.0. The number of hydrogen-bond acceptors (Lipinski definition) is 3. The van der Waals surface area contributed by atoms with Crippen LogP contribution in [0.4, 0.5) is 4.39 Å². The molecule has 1 amide bonds. The van der Waals surface area contributed by atoms with Crippen LogP contribution in [0, 0.1) is 5.82 Å². The lowest BCUT2D eigenvalue weighted by molar-refractivity contribution is -0.131. The molecule has 2 aliphatic heterocycles. The van der Waals surface area contributed by atoms with Crippen LogP contribution in [0.15, 0.2) is 54.6 Å². The minimum Gasteiger partial charge on any atom is -0.381 e. The Labute approximate surface area is 178 Å². The molecule has 0 radical (unpaired) electrons. The molecule has 0 spiro atoms. The molecule has 0 saturated carbocycles. The van der Waals surface area contributed by atoms with Gasteiger partial charge in [0.1, 0.15) is 5.82 Å². The number of rotatable bonds is 6. The third kappa shape index (κ3) is 4.42. The van der Waals surface area contributed by atoms with E-state index in [-0.39, 0.29) is 17.8 Å². The number of carbonyl (C=O) groups is 1. The normalized spacial score (nSPS) is 20.4. The summed E-state index contributed by atoms with van der Waals surface area (Å²) in [6, 6.07) is 17.2. The first-order valence-corrected chi connectivity index (χ1v) is 11.1. The molecule has 30 heavy (non-hydrogen) atoms.